The Morgan fingerprint density at radius 3 is 1.15 bits per heavy atom. The van der Waals surface area contributed by atoms with Crippen LogP contribution in [0.3, 0.4) is 0 Å². The van der Waals surface area contributed by atoms with E-state index in [0.717, 1.165) is 11.8 Å². The molecule has 0 N–H and O–H groups in total. The van der Waals surface area contributed by atoms with Crippen LogP contribution in [-0.2, 0) is 10.8 Å². The van der Waals surface area contributed by atoms with Gasteiger partial charge in [-0.15, -0.1) is 0 Å². The normalized spacial score (nSPS) is 29.3. The summed E-state index contributed by atoms with van der Waals surface area (Å²) in [4.78, 5) is 0. The van der Waals surface area contributed by atoms with Crippen molar-refractivity contribution < 1.29 is 0 Å². The zero-order valence-corrected chi connectivity index (χ0v) is 19.8. The molecule has 0 atom stereocenters. The first-order valence-electron chi connectivity index (χ1n) is 13.0. The molecule has 4 aromatic rings. The van der Waals surface area contributed by atoms with E-state index in [0.29, 0.717) is 10.8 Å². The van der Waals surface area contributed by atoms with Gasteiger partial charge in [-0.2, -0.15) is 0 Å². The summed E-state index contributed by atoms with van der Waals surface area (Å²) in [6.07, 6.45) is 8.32. The average Bonchev–Trinajstić information content (AvgIpc) is 2.89. The first-order chi connectivity index (χ1) is 16.7. The van der Waals surface area contributed by atoms with Crippen molar-refractivity contribution in [3.05, 3.63) is 120 Å². The number of hydrogen-bond donors (Lipinski definition) is 0. The Kier molecular flexibility index (Phi) is 4.59. The first kappa shape index (κ1) is 20.3. The van der Waals surface area contributed by atoms with Crippen LogP contribution in [0.2, 0.25) is 0 Å². The fraction of sp³-hybridized carbons (Fsp3) is 0.294. The molecule has 0 heteroatoms. The van der Waals surface area contributed by atoms with Crippen molar-refractivity contribution in [2.24, 2.45) is 11.8 Å². The van der Waals surface area contributed by atoms with Crippen LogP contribution in [0.15, 0.2) is 109 Å². The van der Waals surface area contributed by atoms with Crippen LogP contribution in [0.4, 0.5) is 0 Å². The maximum absolute atomic E-state index is 2.46. The summed E-state index contributed by atoms with van der Waals surface area (Å²) in [5, 5.41) is 0. The summed E-state index contributed by atoms with van der Waals surface area (Å²) in [5.74, 6) is 1.76. The van der Waals surface area contributed by atoms with Gasteiger partial charge >= 0.3 is 0 Å². The molecule has 0 aromatic heterocycles. The van der Waals surface area contributed by atoms with Crippen LogP contribution in [0.1, 0.15) is 49.7 Å². The van der Waals surface area contributed by atoms with Crippen LogP contribution in [0.5, 0.6) is 0 Å². The van der Waals surface area contributed by atoms with Gasteiger partial charge < -0.3 is 0 Å². The second kappa shape index (κ2) is 7.70. The Morgan fingerprint density at radius 1 is 0.412 bits per heavy atom. The van der Waals surface area contributed by atoms with Gasteiger partial charge in [0.1, 0.15) is 0 Å². The lowest BCUT2D eigenvalue weighted by Crippen LogP contribution is -2.55. The molecule has 0 aliphatic heterocycles. The topological polar surface area (TPSA) is 0 Å². The van der Waals surface area contributed by atoms with Crippen molar-refractivity contribution >= 4 is 0 Å². The van der Waals surface area contributed by atoms with Gasteiger partial charge in [0.15, 0.2) is 0 Å². The second-order valence-corrected chi connectivity index (χ2v) is 11.4. The molecule has 0 spiro atoms. The molecule has 4 aliphatic rings. The number of benzene rings is 4. The van der Waals surface area contributed by atoms with Crippen LogP contribution in [0, 0.1) is 11.8 Å². The summed E-state index contributed by atoms with van der Waals surface area (Å²) in [5.41, 5.74) is 9.19. The molecule has 0 nitrogen and oxygen atoms in total. The van der Waals surface area contributed by atoms with E-state index in [1.165, 1.54) is 60.8 Å². The van der Waals surface area contributed by atoms with Gasteiger partial charge in [0.2, 0.25) is 0 Å². The molecular weight excluding hydrogens is 408 g/mol. The van der Waals surface area contributed by atoms with E-state index < -0.39 is 0 Å². The fourth-order valence-corrected chi connectivity index (χ4v) is 8.23. The highest BCUT2D eigenvalue weighted by atomic mass is 14.6. The van der Waals surface area contributed by atoms with Crippen molar-refractivity contribution in [2.45, 2.75) is 49.4 Å². The molecule has 4 aliphatic carbocycles. The van der Waals surface area contributed by atoms with Gasteiger partial charge in [-0.05, 0) is 94.6 Å². The highest BCUT2D eigenvalue weighted by Gasteiger charge is 2.58. The van der Waals surface area contributed by atoms with Crippen LogP contribution >= 0.6 is 0 Å². The average molecular weight is 441 g/mol. The van der Waals surface area contributed by atoms with Gasteiger partial charge in [-0.25, -0.2) is 0 Å². The van der Waals surface area contributed by atoms with Crippen molar-refractivity contribution in [3.8, 4) is 22.3 Å². The molecule has 4 aromatic carbocycles. The van der Waals surface area contributed by atoms with E-state index in [1.807, 2.05) is 0 Å². The molecule has 34 heavy (non-hydrogen) atoms. The van der Waals surface area contributed by atoms with Crippen LogP contribution in [-0.4, -0.2) is 0 Å². The summed E-state index contributed by atoms with van der Waals surface area (Å²) >= 11 is 0. The largest absolute Gasteiger partial charge is 0.0622 e. The van der Waals surface area contributed by atoms with Gasteiger partial charge in [-0.1, -0.05) is 109 Å². The molecule has 0 amide bonds. The van der Waals surface area contributed by atoms with E-state index in [4.69, 9.17) is 0 Å². The lowest BCUT2D eigenvalue weighted by atomic mass is 9.41. The van der Waals surface area contributed by atoms with Crippen LogP contribution < -0.4 is 0 Å². The minimum Gasteiger partial charge on any atom is -0.0622 e. The Hall–Kier alpha value is -3.12. The minimum atomic E-state index is 0.359. The first-order valence-corrected chi connectivity index (χ1v) is 13.0. The Bertz CT molecular complexity index is 1170. The van der Waals surface area contributed by atoms with Crippen LogP contribution in [0.25, 0.3) is 22.3 Å². The zero-order chi connectivity index (χ0) is 22.6. The predicted molar refractivity (Wildman–Crippen MR) is 142 cm³/mol. The third kappa shape index (κ3) is 3.27. The summed E-state index contributed by atoms with van der Waals surface area (Å²) in [7, 11) is 0. The molecule has 168 valence electrons. The summed E-state index contributed by atoms with van der Waals surface area (Å²) in [6.45, 7) is 0. The van der Waals surface area contributed by atoms with Gasteiger partial charge in [0, 0.05) is 0 Å². The molecule has 4 fully saturated rings. The fourth-order valence-electron chi connectivity index (χ4n) is 8.23. The molecule has 8 rings (SSSR count). The lowest BCUT2D eigenvalue weighted by molar-refractivity contribution is -0.0281. The second-order valence-electron chi connectivity index (χ2n) is 11.4. The van der Waals surface area contributed by atoms with E-state index in [1.54, 1.807) is 11.1 Å². The molecule has 0 saturated heterocycles. The standard InChI is InChI=1S/C34H32/c1-3-7-27(8-4-1)29-11-15-31(16-12-29)33-20-25-19-26(21-33)23-34(22-25,24-33)32-17-13-30(14-18-32)28-9-5-2-6-10-28/h1-18,25-26H,19-24H2. The summed E-state index contributed by atoms with van der Waals surface area (Å²) < 4.78 is 0. The summed E-state index contributed by atoms with van der Waals surface area (Å²) in [6, 6.07) is 40.9. The van der Waals surface area contributed by atoms with Crippen molar-refractivity contribution in [1.82, 2.24) is 0 Å². The molecule has 0 heterocycles. The van der Waals surface area contributed by atoms with E-state index in [9.17, 15) is 0 Å². The Morgan fingerprint density at radius 2 is 0.765 bits per heavy atom. The highest BCUT2D eigenvalue weighted by Crippen LogP contribution is 2.66. The maximum atomic E-state index is 2.46. The quantitative estimate of drug-likeness (QED) is 0.297. The van der Waals surface area contributed by atoms with Crippen molar-refractivity contribution in [3.63, 3.8) is 0 Å². The molecular formula is C34H32. The molecule has 4 saturated carbocycles. The van der Waals surface area contributed by atoms with E-state index in [-0.39, 0.29) is 0 Å². The number of hydrogen-bond acceptors (Lipinski definition) is 0. The Labute approximate surface area is 203 Å². The molecule has 0 radical (unpaired) electrons. The third-order valence-electron chi connectivity index (χ3n) is 9.27. The monoisotopic (exact) mass is 440 g/mol. The van der Waals surface area contributed by atoms with Gasteiger partial charge in [-0.3, -0.25) is 0 Å². The SMILES string of the molecule is c1ccc(-c2ccc(C34CC5CC(C3)CC(c3ccc(-c6ccccc6)cc3)(C5)C4)cc2)cc1. The highest BCUT2D eigenvalue weighted by molar-refractivity contribution is 5.65. The predicted octanol–water partition coefficient (Wildman–Crippen LogP) is 8.81. The molecule has 4 bridgehead atoms. The Balaban J connectivity index is 1.22. The smallest absolute Gasteiger partial charge is 0.00332 e. The number of rotatable bonds is 4. The zero-order valence-electron chi connectivity index (χ0n) is 19.8. The van der Waals surface area contributed by atoms with E-state index in [2.05, 4.69) is 109 Å². The minimum absolute atomic E-state index is 0.359. The lowest BCUT2D eigenvalue weighted by Gasteiger charge is -2.63. The third-order valence-corrected chi connectivity index (χ3v) is 9.27. The molecule has 0 unspecified atom stereocenters. The van der Waals surface area contributed by atoms with Crippen molar-refractivity contribution in [1.29, 1.82) is 0 Å². The van der Waals surface area contributed by atoms with Gasteiger partial charge in [0.25, 0.3) is 0 Å². The van der Waals surface area contributed by atoms with E-state index >= 15 is 0 Å². The van der Waals surface area contributed by atoms with Crippen molar-refractivity contribution in [2.75, 3.05) is 0 Å². The van der Waals surface area contributed by atoms with Gasteiger partial charge in [0.05, 0.1) is 0 Å². The maximum Gasteiger partial charge on any atom is -0.00332 e.